The number of hydrogen-bond donors (Lipinski definition) is 1. The van der Waals surface area contributed by atoms with Crippen molar-refractivity contribution in [2.75, 3.05) is 53.6 Å². The summed E-state index contributed by atoms with van der Waals surface area (Å²) in [7, 11) is 3.94. The lowest BCUT2D eigenvalue weighted by atomic mass is 10.1. The van der Waals surface area contributed by atoms with E-state index in [0.717, 1.165) is 64.7 Å². The van der Waals surface area contributed by atoms with Crippen LogP contribution in [0, 0.1) is 5.92 Å². The average molecular weight is 281 g/mol. The molecule has 1 saturated heterocycles. The molecular weight excluding hydrogens is 254 g/mol. The normalized spacial score (nSPS) is 23.6. The largest absolute Gasteiger partial charge is 0.381 e. The molecule has 0 aromatic rings. The Morgan fingerprint density at radius 3 is 3.00 bits per heavy atom. The van der Waals surface area contributed by atoms with Gasteiger partial charge in [-0.2, -0.15) is 0 Å². The molecule has 0 aromatic heterocycles. The highest BCUT2D eigenvalue weighted by Crippen LogP contribution is 2.13. The molecule has 0 spiro atoms. The van der Waals surface area contributed by atoms with E-state index in [2.05, 4.69) is 28.3 Å². The highest BCUT2D eigenvalue weighted by atomic mass is 16.5. The van der Waals surface area contributed by atoms with E-state index in [0.29, 0.717) is 5.92 Å². The van der Waals surface area contributed by atoms with Crippen LogP contribution in [0.4, 0.5) is 0 Å². The van der Waals surface area contributed by atoms with E-state index < -0.39 is 0 Å². The molecule has 20 heavy (non-hydrogen) atoms. The molecule has 2 heterocycles. The second-order valence-electron chi connectivity index (χ2n) is 5.52. The van der Waals surface area contributed by atoms with Gasteiger partial charge in [0.2, 0.25) is 0 Å². The van der Waals surface area contributed by atoms with Crippen molar-refractivity contribution >= 4 is 5.96 Å². The van der Waals surface area contributed by atoms with Crippen molar-refractivity contribution in [2.24, 2.45) is 10.9 Å². The topological polar surface area (TPSA) is 46.1 Å². The molecule has 1 fully saturated rings. The Labute approximate surface area is 122 Å². The van der Waals surface area contributed by atoms with Gasteiger partial charge >= 0.3 is 0 Å². The third-order valence-corrected chi connectivity index (χ3v) is 3.92. The number of hydrogen-bond acceptors (Lipinski definition) is 3. The summed E-state index contributed by atoms with van der Waals surface area (Å²) >= 11 is 0. The smallest absolute Gasteiger partial charge is 0.193 e. The van der Waals surface area contributed by atoms with Crippen LogP contribution in [0.3, 0.4) is 0 Å². The van der Waals surface area contributed by atoms with Crippen LogP contribution in [0.5, 0.6) is 0 Å². The first-order valence-corrected chi connectivity index (χ1v) is 7.54. The van der Waals surface area contributed by atoms with Crippen molar-refractivity contribution in [3.05, 3.63) is 11.6 Å². The maximum absolute atomic E-state index is 5.43. The predicted molar refractivity (Wildman–Crippen MR) is 81.1 cm³/mol. The van der Waals surface area contributed by atoms with E-state index in [1.54, 1.807) is 0 Å². The van der Waals surface area contributed by atoms with Crippen molar-refractivity contribution in [3.63, 3.8) is 0 Å². The molecule has 5 heteroatoms. The van der Waals surface area contributed by atoms with Gasteiger partial charge in [-0.1, -0.05) is 11.6 Å². The lowest BCUT2D eigenvalue weighted by molar-refractivity contribution is 0.153. The van der Waals surface area contributed by atoms with Crippen LogP contribution in [0.25, 0.3) is 0 Å². The summed E-state index contributed by atoms with van der Waals surface area (Å²) in [6.07, 6.45) is 5.50. The first-order valence-electron chi connectivity index (χ1n) is 7.54. The number of ether oxygens (including phenoxy) is 2. The molecule has 0 aliphatic carbocycles. The van der Waals surface area contributed by atoms with Gasteiger partial charge in [-0.15, -0.1) is 0 Å². The van der Waals surface area contributed by atoms with E-state index in [1.807, 2.05) is 7.05 Å². The average Bonchev–Trinajstić information content (AvgIpc) is 2.97. The van der Waals surface area contributed by atoms with Crippen molar-refractivity contribution < 1.29 is 9.47 Å². The molecule has 1 N–H and O–H groups in total. The lowest BCUT2D eigenvalue weighted by Gasteiger charge is -2.25. The summed E-state index contributed by atoms with van der Waals surface area (Å²) in [5.74, 6) is 1.61. The third-order valence-electron chi connectivity index (χ3n) is 3.92. The van der Waals surface area contributed by atoms with E-state index >= 15 is 0 Å². The minimum Gasteiger partial charge on any atom is -0.381 e. The highest BCUT2D eigenvalue weighted by Gasteiger charge is 2.18. The van der Waals surface area contributed by atoms with Crippen LogP contribution in [0.2, 0.25) is 0 Å². The molecule has 2 aliphatic heterocycles. The summed E-state index contributed by atoms with van der Waals surface area (Å²) in [5, 5.41) is 3.44. The summed E-state index contributed by atoms with van der Waals surface area (Å²) in [4.78, 5) is 6.57. The molecule has 0 radical (unpaired) electrons. The monoisotopic (exact) mass is 281 g/mol. The first kappa shape index (κ1) is 15.3. The predicted octanol–water partition coefficient (Wildman–Crippen LogP) is 1.27. The van der Waals surface area contributed by atoms with Crippen molar-refractivity contribution in [1.29, 1.82) is 0 Å². The molecule has 2 rings (SSSR count). The molecule has 2 aliphatic rings. The van der Waals surface area contributed by atoms with Crippen LogP contribution < -0.4 is 5.32 Å². The maximum atomic E-state index is 5.43. The third kappa shape index (κ3) is 4.80. The molecule has 1 atom stereocenters. The minimum atomic E-state index is 0.636. The van der Waals surface area contributed by atoms with Crippen LogP contribution >= 0.6 is 0 Å². The summed E-state index contributed by atoms with van der Waals surface area (Å²) in [6, 6.07) is 0. The molecule has 114 valence electrons. The van der Waals surface area contributed by atoms with E-state index in [4.69, 9.17) is 9.47 Å². The van der Waals surface area contributed by atoms with Gasteiger partial charge in [0.05, 0.1) is 19.8 Å². The fourth-order valence-corrected chi connectivity index (χ4v) is 2.71. The van der Waals surface area contributed by atoms with Gasteiger partial charge in [0.25, 0.3) is 0 Å². The second kappa shape index (κ2) is 8.27. The molecule has 0 amide bonds. The first-order chi connectivity index (χ1) is 9.79. The van der Waals surface area contributed by atoms with E-state index in [-0.39, 0.29) is 0 Å². The molecule has 0 saturated carbocycles. The van der Waals surface area contributed by atoms with Gasteiger partial charge in [-0.05, 0) is 19.3 Å². The molecule has 0 aromatic carbocycles. The standard InChI is InChI=1S/C15H27N3O2/c1-16-15(18(2)11-14-6-10-20-12-14)17-7-3-13-4-8-19-9-5-13/h4,14H,3,5-12H2,1-2H3,(H,16,17). The quantitative estimate of drug-likeness (QED) is 0.468. The van der Waals surface area contributed by atoms with Crippen LogP contribution in [-0.4, -0.2) is 64.5 Å². The zero-order valence-electron chi connectivity index (χ0n) is 12.7. The van der Waals surface area contributed by atoms with Gasteiger partial charge in [0.1, 0.15) is 0 Å². The SMILES string of the molecule is CN=C(NCCC1=CCOCC1)N(C)CC1CCOC1. The fraction of sp³-hybridized carbons (Fsp3) is 0.800. The van der Waals surface area contributed by atoms with Gasteiger partial charge < -0.3 is 19.7 Å². The van der Waals surface area contributed by atoms with Gasteiger partial charge in [0, 0.05) is 39.7 Å². The zero-order chi connectivity index (χ0) is 14.2. The van der Waals surface area contributed by atoms with Crippen molar-refractivity contribution in [3.8, 4) is 0 Å². The highest BCUT2D eigenvalue weighted by molar-refractivity contribution is 5.79. The summed E-state index contributed by atoms with van der Waals surface area (Å²) < 4.78 is 10.7. The van der Waals surface area contributed by atoms with Gasteiger partial charge in [0.15, 0.2) is 5.96 Å². The number of aliphatic imine (C=N–C) groups is 1. The number of nitrogens with zero attached hydrogens (tertiary/aromatic N) is 2. The summed E-state index contributed by atoms with van der Waals surface area (Å²) in [5.41, 5.74) is 1.49. The molecule has 5 nitrogen and oxygen atoms in total. The minimum absolute atomic E-state index is 0.636. The number of guanidine groups is 1. The number of nitrogens with one attached hydrogen (secondary N) is 1. The molecular formula is C15H27N3O2. The Kier molecular flexibility index (Phi) is 6.33. The molecule has 1 unspecified atom stereocenters. The van der Waals surface area contributed by atoms with Crippen molar-refractivity contribution in [2.45, 2.75) is 19.3 Å². The maximum Gasteiger partial charge on any atom is 0.193 e. The van der Waals surface area contributed by atoms with Crippen LogP contribution in [0.1, 0.15) is 19.3 Å². The molecule has 0 bridgehead atoms. The van der Waals surface area contributed by atoms with Crippen molar-refractivity contribution in [1.82, 2.24) is 10.2 Å². The van der Waals surface area contributed by atoms with Gasteiger partial charge in [-0.25, -0.2) is 0 Å². The van der Waals surface area contributed by atoms with E-state index in [9.17, 15) is 0 Å². The Hall–Kier alpha value is -1.07. The zero-order valence-corrected chi connectivity index (χ0v) is 12.7. The Bertz CT molecular complexity index is 349. The van der Waals surface area contributed by atoms with Crippen LogP contribution in [0.15, 0.2) is 16.6 Å². The Morgan fingerprint density at radius 1 is 1.45 bits per heavy atom. The number of rotatable bonds is 5. The van der Waals surface area contributed by atoms with Gasteiger partial charge in [-0.3, -0.25) is 4.99 Å². The van der Waals surface area contributed by atoms with Crippen LogP contribution in [-0.2, 0) is 9.47 Å². The second-order valence-corrected chi connectivity index (χ2v) is 5.52. The fourth-order valence-electron chi connectivity index (χ4n) is 2.71. The Morgan fingerprint density at radius 2 is 2.35 bits per heavy atom. The summed E-state index contributed by atoms with van der Waals surface area (Å²) in [6.45, 7) is 5.36. The van der Waals surface area contributed by atoms with E-state index in [1.165, 1.54) is 5.57 Å². The lowest BCUT2D eigenvalue weighted by Crippen LogP contribution is -2.41. The Balaban J connectivity index is 1.69.